The summed E-state index contributed by atoms with van der Waals surface area (Å²) in [6.45, 7) is 0. The van der Waals surface area contributed by atoms with Gasteiger partial charge in [-0.25, -0.2) is 9.97 Å². The third kappa shape index (κ3) is 3.71. The van der Waals surface area contributed by atoms with Crippen LogP contribution in [0.5, 0.6) is 0 Å². The van der Waals surface area contributed by atoms with Crippen LogP contribution in [0.15, 0.2) is 140 Å². The summed E-state index contributed by atoms with van der Waals surface area (Å²) < 4.78 is 0. The summed E-state index contributed by atoms with van der Waals surface area (Å²) >= 11 is 0. The fraction of sp³-hybridized carbons (Fsp3) is 0. The summed E-state index contributed by atoms with van der Waals surface area (Å²) in [6, 6.07) is 45.0. The van der Waals surface area contributed by atoms with E-state index in [1.54, 1.807) is 12.4 Å². The molecular formula is C37H23N3. The highest BCUT2D eigenvalue weighted by Gasteiger charge is 2.16. The molecule has 0 bridgehead atoms. The van der Waals surface area contributed by atoms with Gasteiger partial charge in [-0.3, -0.25) is 4.98 Å². The average Bonchev–Trinajstić information content (AvgIpc) is 3.03. The molecule has 6 aromatic carbocycles. The van der Waals surface area contributed by atoms with Crippen molar-refractivity contribution in [2.45, 2.75) is 0 Å². The molecule has 8 aromatic rings. The van der Waals surface area contributed by atoms with Crippen LogP contribution in [0, 0.1) is 0 Å². The van der Waals surface area contributed by atoms with E-state index < -0.39 is 0 Å². The van der Waals surface area contributed by atoms with Crippen LogP contribution >= 0.6 is 0 Å². The minimum absolute atomic E-state index is 0.685. The number of rotatable bonds is 3. The van der Waals surface area contributed by atoms with Crippen LogP contribution in [-0.2, 0) is 0 Å². The van der Waals surface area contributed by atoms with Crippen molar-refractivity contribution >= 4 is 43.1 Å². The van der Waals surface area contributed by atoms with E-state index in [0.717, 1.165) is 28.1 Å². The van der Waals surface area contributed by atoms with E-state index in [9.17, 15) is 0 Å². The maximum absolute atomic E-state index is 5.15. The zero-order valence-electron chi connectivity index (χ0n) is 21.6. The maximum atomic E-state index is 5.15. The normalized spacial score (nSPS) is 11.5. The number of aromatic nitrogens is 3. The Bertz CT molecular complexity index is 2220. The second-order valence-electron chi connectivity index (χ2n) is 10.1. The van der Waals surface area contributed by atoms with Crippen molar-refractivity contribution in [3.8, 4) is 33.9 Å². The topological polar surface area (TPSA) is 38.7 Å². The molecule has 0 spiro atoms. The fourth-order valence-corrected chi connectivity index (χ4v) is 5.81. The van der Waals surface area contributed by atoms with Gasteiger partial charge in [-0.2, -0.15) is 0 Å². The number of hydrogen-bond donors (Lipinski definition) is 0. The molecule has 40 heavy (non-hydrogen) atoms. The lowest BCUT2D eigenvalue weighted by Gasteiger charge is -2.14. The van der Waals surface area contributed by atoms with E-state index in [2.05, 4.69) is 120 Å². The maximum Gasteiger partial charge on any atom is 0.160 e. The van der Waals surface area contributed by atoms with Crippen LogP contribution in [0.4, 0.5) is 0 Å². The van der Waals surface area contributed by atoms with E-state index in [0.29, 0.717) is 5.82 Å². The second-order valence-corrected chi connectivity index (χ2v) is 10.1. The van der Waals surface area contributed by atoms with Gasteiger partial charge in [0.25, 0.3) is 0 Å². The summed E-state index contributed by atoms with van der Waals surface area (Å²) in [6.07, 6.45) is 3.58. The molecule has 0 radical (unpaired) electrons. The van der Waals surface area contributed by atoms with Crippen molar-refractivity contribution in [1.82, 2.24) is 15.0 Å². The van der Waals surface area contributed by atoms with Gasteiger partial charge in [0.05, 0.1) is 11.4 Å². The molecule has 0 aliphatic carbocycles. The first-order chi connectivity index (χ1) is 19.8. The predicted octanol–water partition coefficient (Wildman–Crippen LogP) is 9.49. The highest BCUT2D eigenvalue weighted by Crippen LogP contribution is 2.38. The zero-order chi connectivity index (χ0) is 26.5. The third-order valence-corrected chi connectivity index (χ3v) is 7.73. The molecule has 0 N–H and O–H groups in total. The number of fused-ring (bicyclic) bond motifs is 5. The summed E-state index contributed by atoms with van der Waals surface area (Å²) in [5.74, 6) is 0.685. The standard InChI is InChI=1S/C37H23N3/c1-2-9-26-21-33-27(20-25(26)8-1)11-7-15-32(33)35-23-36(40-37(39-35)24-16-18-38-19-17-24)34-22-28-10-3-4-12-29(28)30-13-5-6-14-31(30)34/h1-23H. The SMILES string of the molecule is c1ccc2cc3c(-c4cc(-c5cc6ccccc6c6ccccc56)nc(-c5ccncc5)n4)cccc3cc2c1. The zero-order valence-corrected chi connectivity index (χ0v) is 21.6. The van der Waals surface area contributed by atoms with Crippen LogP contribution in [0.1, 0.15) is 0 Å². The van der Waals surface area contributed by atoms with Crippen molar-refractivity contribution in [1.29, 1.82) is 0 Å². The Kier molecular flexibility index (Phi) is 5.14. The lowest BCUT2D eigenvalue weighted by Crippen LogP contribution is -1.97. The van der Waals surface area contributed by atoms with Gasteiger partial charge in [-0.05, 0) is 79.5 Å². The average molecular weight is 510 g/mol. The quantitative estimate of drug-likeness (QED) is 0.176. The minimum atomic E-state index is 0.685. The lowest BCUT2D eigenvalue weighted by molar-refractivity contribution is 1.18. The van der Waals surface area contributed by atoms with Crippen LogP contribution < -0.4 is 0 Å². The van der Waals surface area contributed by atoms with Crippen molar-refractivity contribution < 1.29 is 0 Å². The minimum Gasteiger partial charge on any atom is -0.265 e. The van der Waals surface area contributed by atoms with E-state index in [1.807, 2.05) is 12.1 Å². The Morgan fingerprint density at radius 1 is 0.375 bits per heavy atom. The van der Waals surface area contributed by atoms with Gasteiger partial charge < -0.3 is 0 Å². The Hall–Kier alpha value is -5.41. The second kappa shape index (κ2) is 9.11. The molecule has 2 heterocycles. The first kappa shape index (κ1) is 22.6. The highest BCUT2D eigenvalue weighted by molar-refractivity contribution is 6.13. The molecule has 0 unspecified atom stereocenters. The Morgan fingerprint density at radius 2 is 0.975 bits per heavy atom. The van der Waals surface area contributed by atoms with E-state index in [1.165, 1.54) is 43.1 Å². The molecule has 0 aliphatic rings. The van der Waals surface area contributed by atoms with E-state index >= 15 is 0 Å². The lowest BCUT2D eigenvalue weighted by atomic mass is 9.94. The van der Waals surface area contributed by atoms with Crippen LogP contribution in [0.3, 0.4) is 0 Å². The van der Waals surface area contributed by atoms with Crippen molar-refractivity contribution in [2.24, 2.45) is 0 Å². The number of benzene rings is 6. The molecule has 0 saturated heterocycles. The fourth-order valence-electron chi connectivity index (χ4n) is 5.81. The summed E-state index contributed by atoms with van der Waals surface area (Å²) in [7, 11) is 0. The van der Waals surface area contributed by atoms with Gasteiger partial charge in [0.2, 0.25) is 0 Å². The molecule has 0 fully saturated rings. The highest BCUT2D eigenvalue weighted by atomic mass is 14.9. The van der Waals surface area contributed by atoms with Gasteiger partial charge in [0.15, 0.2) is 5.82 Å². The van der Waals surface area contributed by atoms with Gasteiger partial charge in [0.1, 0.15) is 0 Å². The van der Waals surface area contributed by atoms with Crippen molar-refractivity contribution in [3.05, 3.63) is 140 Å². The molecule has 0 saturated carbocycles. The van der Waals surface area contributed by atoms with Gasteiger partial charge in [-0.1, -0.05) is 91.0 Å². The van der Waals surface area contributed by atoms with Crippen LogP contribution in [0.2, 0.25) is 0 Å². The Labute approximate surface area is 231 Å². The van der Waals surface area contributed by atoms with Crippen molar-refractivity contribution in [2.75, 3.05) is 0 Å². The summed E-state index contributed by atoms with van der Waals surface area (Å²) in [5, 5.41) is 9.65. The molecule has 0 amide bonds. The molecule has 186 valence electrons. The number of nitrogens with zero attached hydrogens (tertiary/aromatic N) is 3. The van der Waals surface area contributed by atoms with Crippen LogP contribution in [-0.4, -0.2) is 15.0 Å². The first-order valence-corrected chi connectivity index (χ1v) is 13.4. The largest absolute Gasteiger partial charge is 0.265 e. The molecule has 3 heteroatoms. The van der Waals surface area contributed by atoms with E-state index in [4.69, 9.17) is 9.97 Å². The first-order valence-electron chi connectivity index (χ1n) is 13.4. The van der Waals surface area contributed by atoms with Gasteiger partial charge >= 0.3 is 0 Å². The molecular weight excluding hydrogens is 486 g/mol. The molecule has 0 atom stereocenters. The van der Waals surface area contributed by atoms with E-state index in [-0.39, 0.29) is 0 Å². The third-order valence-electron chi connectivity index (χ3n) is 7.73. The number of pyridine rings is 1. The molecule has 0 aliphatic heterocycles. The van der Waals surface area contributed by atoms with Gasteiger partial charge in [0, 0.05) is 29.1 Å². The number of hydrogen-bond acceptors (Lipinski definition) is 3. The molecule has 2 aromatic heterocycles. The predicted molar refractivity (Wildman–Crippen MR) is 166 cm³/mol. The smallest absolute Gasteiger partial charge is 0.160 e. The molecule has 3 nitrogen and oxygen atoms in total. The van der Waals surface area contributed by atoms with Crippen LogP contribution in [0.25, 0.3) is 77.0 Å². The monoisotopic (exact) mass is 509 g/mol. The summed E-state index contributed by atoms with van der Waals surface area (Å²) in [4.78, 5) is 14.5. The Balaban J connectivity index is 1.44. The van der Waals surface area contributed by atoms with Gasteiger partial charge in [-0.15, -0.1) is 0 Å². The van der Waals surface area contributed by atoms with Crippen molar-refractivity contribution in [3.63, 3.8) is 0 Å². The summed E-state index contributed by atoms with van der Waals surface area (Å²) in [5.41, 5.74) is 4.92. The molecule has 8 rings (SSSR count). The Morgan fingerprint density at radius 3 is 1.77 bits per heavy atom.